The molecule has 0 bridgehead atoms. The van der Waals surface area contributed by atoms with Crippen LogP contribution in [0.3, 0.4) is 0 Å². The van der Waals surface area contributed by atoms with Crippen LogP contribution in [-0.4, -0.2) is 109 Å². The third-order valence-corrected chi connectivity index (χ3v) is 11.4. The van der Waals surface area contributed by atoms with E-state index in [0.717, 1.165) is 26.1 Å². The normalized spacial score (nSPS) is 15.7. The summed E-state index contributed by atoms with van der Waals surface area (Å²) in [6.45, 7) is 7.00. The SMILES string of the molecule is CC(C)(C)[C@H](NC(=O)COCCOCCOCCOc1ccc(Oc2c(-c3ccc(O)cc3)sc3cc(O)ccc23)cc1)C(=O)N1C[C@H](O)C[C@H]1C(=O)NCc1ccc(Cl)cc1. The number of carbonyl (C=O) groups excluding carboxylic acids is 3. The van der Waals surface area contributed by atoms with E-state index in [4.69, 9.17) is 35.3 Å². The predicted octanol–water partition coefficient (Wildman–Crippen LogP) is 6.66. The van der Waals surface area contributed by atoms with E-state index in [-0.39, 0.29) is 50.8 Å². The fraction of sp³-hybridized carbons (Fsp3) is 0.370. The van der Waals surface area contributed by atoms with Gasteiger partial charge in [0.1, 0.15) is 48.3 Å². The molecule has 16 heteroatoms. The minimum atomic E-state index is -0.969. The van der Waals surface area contributed by atoms with E-state index in [2.05, 4.69) is 10.6 Å². The van der Waals surface area contributed by atoms with Crippen molar-refractivity contribution in [2.24, 2.45) is 5.41 Å². The zero-order valence-corrected chi connectivity index (χ0v) is 36.4. The van der Waals surface area contributed by atoms with E-state index in [1.54, 1.807) is 60.7 Å². The van der Waals surface area contributed by atoms with E-state index >= 15 is 0 Å². The van der Waals surface area contributed by atoms with Gasteiger partial charge < -0.3 is 54.5 Å². The van der Waals surface area contributed by atoms with Crippen molar-refractivity contribution in [1.29, 1.82) is 0 Å². The summed E-state index contributed by atoms with van der Waals surface area (Å²) in [5.41, 5.74) is 1.02. The Balaban J connectivity index is 0.854. The highest BCUT2D eigenvalue weighted by Gasteiger charge is 2.44. The number of hydrogen-bond donors (Lipinski definition) is 5. The number of ether oxygens (including phenoxy) is 5. The lowest BCUT2D eigenvalue weighted by atomic mass is 9.85. The average Bonchev–Trinajstić information content (AvgIpc) is 3.81. The van der Waals surface area contributed by atoms with Crippen molar-refractivity contribution >= 4 is 50.7 Å². The van der Waals surface area contributed by atoms with Gasteiger partial charge in [0.05, 0.1) is 44.0 Å². The number of halogens is 1. The second-order valence-corrected chi connectivity index (χ2v) is 17.3. The number of nitrogens with zero attached hydrogens (tertiary/aromatic N) is 1. The van der Waals surface area contributed by atoms with Gasteiger partial charge in [0.15, 0.2) is 5.75 Å². The Morgan fingerprint density at radius 3 is 2.13 bits per heavy atom. The highest BCUT2D eigenvalue weighted by atomic mass is 35.5. The number of nitrogens with one attached hydrogen (secondary N) is 2. The lowest BCUT2D eigenvalue weighted by Crippen LogP contribution is -2.58. The number of aromatic hydroxyl groups is 2. The molecule has 1 aliphatic rings. The summed E-state index contributed by atoms with van der Waals surface area (Å²) in [6.07, 6.45) is -0.785. The number of phenolic OH excluding ortho intramolecular Hbond substituents is 2. The smallest absolute Gasteiger partial charge is 0.246 e. The molecule has 2 heterocycles. The number of rotatable bonds is 20. The van der Waals surface area contributed by atoms with E-state index in [0.29, 0.717) is 48.7 Å². The number of fused-ring (bicyclic) bond motifs is 1. The highest BCUT2D eigenvalue weighted by Crippen LogP contribution is 2.47. The first-order chi connectivity index (χ1) is 29.7. The maximum atomic E-state index is 13.8. The number of hydrogen-bond acceptors (Lipinski definition) is 12. The molecule has 5 N–H and O–H groups in total. The number of β-amino-alcohol motifs (C(OH)–C–C–N with tert-alkyl or cyclic N) is 1. The molecular weight excluding hydrogens is 838 g/mol. The van der Waals surface area contributed by atoms with Gasteiger partial charge in [-0.3, -0.25) is 14.4 Å². The number of aliphatic hydroxyl groups excluding tert-OH is 1. The van der Waals surface area contributed by atoms with Crippen LogP contribution in [-0.2, 0) is 35.1 Å². The van der Waals surface area contributed by atoms with Crippen molar-refractivity contribution in [3.05, 3.63) is 102 Å². The van der Waals surface area contributed by atoms with Gasteiger partial charge in [0, 0.05) is 34.6 Å². The van der Waals surface area contributed by atoms with Gasteiger partial charge in [-0.05, 0) is 95.4 Å². The van der Waals surface area contributed by atoms with Crippen molar-refractivity contribution in [2.45, 2.75) is 51.9 Å². The molecule has 0 aliphatic carbocycles. The maximum Gasteiger partial charge on any atom is 0.246 e. The number of thiophene rings is 1. The molecule has 5 aromatic rings. The van der Waals surface area contributed by atoms with E-state index in [9.17, 15) is 29.7 Å². The van der Waals surface area contributed by atoms with Crippen molar-refractivity contribution in [1.82, 2.24) is 15.5 Å². The van der Waals surface area contributed by atoms with E-state index in [1.807, 2.05) is 51.1 Å². The van der Waals surface area contributed by atoms with Crippen LogP contribution in [0.1, 0.15) is 32.8 Å². The van der Waals surface area contributed by atoms with Crippen LogP contribution in [0.15, 0.2) is 91.0 Å². The molecule has 1 aromatic heterocycles. The summed E-state index contributed by atoms with van der Waals surface area (Å²) < 4.78 is 29.7. The van der Waals surface area contributed by atoms with Crippen LogP contribution in [0.4, 0.5) is 0 Å². The zero-order valence-electron chi connectivity index (χ0n) is 34.8. The molecule has 1 fully saturated rings. The summed E-state index contributed by atoms with van der Waals surface area (Å²) in [6, 6.07) is 24.4. The van der Waals surface area contributed by atoms with Gasteiger partial charge in [-0.2, -0.15) is 0 Å². The van der Waals surface area contributed by atoms with Gasteiger partial charge in [-0.1, -0.05) is 44.5 Å². The van der Waals surface area contributed by atoms with Gasteiger partial charge in [-0.15, -0.1) is 11.3 Å². The van der Waals surface area contributed by atoms with Gasteiger partial charge in [-0.25, -0.2) is 0 Å². The molecule has 1 aliphatic heterocycles. The van der Waals surface area contributed by atoms with Gasteiger partial charge >= 0.3 is 0 Å². The van der Waals surface area contributed by atoms with Crippen molar-refractivity contribution in [3.63, 3.8) is 0 Å². The third kappa shape index (κ3) is 12.8. The number of aliphatic hydroxyl groups is 1. The second kappa shape index (κ2) is 21.6. The number of phenols is 2. The predicted molar refractivity (Wildman–Crippen MR) is 236 cm³/mol. The molecule has 3 amide bonds. The number of likely N-dealkylation sites (tertiary alicyclic amines) is 1. The monoisotopic (exact) mass is 889 g/mol. The van der Waals surface area contributed by atoms with Crippen LogP contribution >= 0.6 is 22.9 Å². The molecule has 0 spiro atoms. The molecular formula is C46H52ClN3O11S. The van der Waals surface area contributed by atoms with Crippen LogP contribution in [0.25, 0.3) is 20.5 Å². The Bertz CT molecular complexity index is 2260. The first-order valence-corrected chi connectivity index (χ1v) is 21.4. The number of carbonyl (C=O) groups is 3. The maximum absolute atomic E-state index is 13.8. The standard InChI is InChI=1S/C46H52ClN3O11S/c1-46(2,3)43(45(56)50-27-34(53)24-38(50)44(55)48-26-29-4-8-31(47)9-5-29)49-40(54)28-59-21-20-57-18-19-58-22-23-60-35-13-15-36(16-14-35)61-41-37-17-12-33(52)25-39(37)62-42(41)30-6-10-32(51)11-7-30/h4-17,25,34,38,43,51-53H,18-24,26-28H2,1-3H3,(H,48,55)(H,49,54)/t34-,38+,43-/m1/s1. The summed E-state index contributed by atoms with van der Waals surface area (Å²) in [4.78, 5) is 42.0. The molecule has 4 aromatic carbocycles. The molecule has 0 unspecified atom stereocenters. The molecule has 62 heavy (non-hydrogen) atoms. The Kier molecular flexibility index (Phi) is 16.0. The van der Waals surface area contributed by atoms with E-state index in [1.165, 1.54) is 16.2 Å². The molecule has 330 valence electrons. The average molecular weight is 890 g/mol. The Labute approximate surface area is 369 Å². The first-order valence-electron chi connectivity index (χ1n) is 20.2. The van der Waals surface area contributed by atoms with E-state index < -0.39 is 41.3 Å². The Morgan fingerprint density at radius 1 is 0.823 bits per heavy atom. The van der Waals surface area contributed by atoms with Crippen molar-refractivity contribution in [2.75, 3.05) is 52.8 Å². The third-order valence-electron chi connectivity index (χ3n) is 9.94. The van der Waals surface area contributed by atoms with Crippen LogP contribution < -0.4 is 20.1 Å². The summed E-state index contributed by atoms with van der Waals surface area (Å²) in [5.74, 6) is 0.890. The number of benzene rings is 4. The topological polar surface area (TPSA) is 185 Å². The molecule has 1 saturated heterocycles. The molecule has 0 saturated carbocycles. The quantitative estimate of drug-likeness (QED) is 0.0527. The zero-order chi connectivity index (χ0) is 44.2. The van der Waals surface area contributed by atoms with Crippen molar-refractivity contribution < 1.29 is 53.4 Å². The largest absolute Gasteiger partial charge is 0.508 e. The Morgan fingerprint density at radius 2 is 1.45 bits per heavy atom. The molecule has 3 atom stereocenters. The van der Waals surface area contributed by atoms with Gasteiger partial charge in [0.25, 0.3) is 0 Å². The Hall–Kier alpha value is -5.42. The number of amides is 3. The highest BCUT2D eigenvalue weighted by molar-refractivity contribution is 7.22. The van der Waals surface area contributed by atoms with Gasteiger partial charge in [0.2, 0.25) is 17.7 Å². The lowest BCUT2D eigenvalue weighted by molar-refractivity contribution is -0.144. The summed E-state index contributed by atoms with van der Waals surface area (Å²) >= 11 is 7.44. The minimum Gasteiger partial charge on any atom is -0.508 e. The molecule has 0 radical (unpaired) electrons. The lowest BCUT2D eigenvalue weighted by Gasteiger charge is -2.35. The van der Waals surface area contributed by atoms with Crippen LogP contribution in [0, 0.1) is 5.41 Å². The van der Waals surface area contributed by atoms with Crippen molar-refractivity contribution in [3.8, 4) is 39.2 Å². The molecule has 14 nitrogen and oxygen atoms in total. The second-order valence-electron chi connectivity index (χ2n) is 15.8. The summed E-state index contributed by atoms with van der Waals surface area (Å²) in [7, 11) is 0. The first kappa shape index (κ1) is 46.1. The summed E-state index contributed by atoms with van der Waals surface area (Å²) in [5, 5.41) is 37.3. The molecule has 6 rings (SSSR count). The fourth-order valence-electron chi connectivity index (χ4n) is 6.74. The fourth-order valence-corrected chi connectivity index (χ4v) is 8.04. The minimum absolute atomic E-state index is 0.0241. The van der Waals surface area contributed by atoms with Crippen LogP contribution in [0.2, 0.25) is 5.02 Å². The van der Waals surface area contributed by atoms with Crippen LogP contribution in [0.5, 0.6) is 28.7 Å².